The van der Waals surface area contributed by atoms with E-state index in [2.05, 4.69) is 48.5 Å². The quantitative estimate of drug-likeness (QED) is 0.616. The lowest BCUT2D eigenvalue weighted by Gasteiger charge is -2.31. The fraction of sp³-hybridized carbons (Fsp3) is 1.00. The van der Waals surface area contributed by atoms with Gasteiger partial charge >= 0.3 is 0 Å². The van der Waals surface area contributed by atoms with E-state index in [-0.39, 0.29) is 0 Å². The first-order valence-corrected chi connectivity index (χ1v) is 6.37. The Morgan fingerprint density at radius 3 is 1.79 bits per heavy atom. The molecule has 0 saturated heterocycles. The fourth-order valence-corrected chi connectivity index (χ4v) is 3.28. The molecule has 14 heavy (non-hydrogen) atoms. The van der Waals surface area contributed by atoms with Gasteiger partial charge in [-0.1, -0.05) is 54.9 Å². The zero-order chi connectivity index (χ0) is 11.1. The molecule has 1 aliphatic carbocycles. The molecule has 0 aromatic rings. The van der Waals surface area contributed by atoms with E-state index in [1.165, 1.54) is 6.42 Å². The van der Waals surface area contributed by atoms with Crippen molar-refractivity contribution in [2.75, 3.05) is 0 Å². The zero-order valence-electron chi connectivity index (χ0n) is 11.1. The van der Waals surface area contributed by atoms with Crippen molar-refractivity contribution in [1.82, 2.24) is 0 Å². The van der Waals surface area contributed by atoms with E-state index in [4.69, 9.17) is 0 Å². The minimum Gasteiger partial charge on any atom is -0.0651 e. The summed E-state index contributed by atoms with van der Waals surface area (Å²) < 4.78 is 0. The maximum absolute atomic E-state index is 2.49. The first-order chi connectivity index (χ1) is 6.37. The molecule has 1 aliphatic rings. The van der Waals surface area contributed by atoms with Gasteiger partial charge in [0.05, 0.1) is 0 Å². The third kappa shape index (κ3) is 1.61. The van der Waals surface area contributed by atoms with Gasteiger partial charge in [-0.05, 0) is 35.0 Å². The van der Waals surface area contributed by atoms with Gasteiger partial charge in [-0.25, -0.2) is 0 Å². The van der Waals surface area contributed by atoms with Crippen molar-refractivity contribution in [3.05, 3.63) is 0 Å². The van der Waals surface area contributed by atoms with Crippen molar-refractivity contribution in [3.63, 3.8) is 0 Å². The van der Waals surface area contributed by atoms with Crippen molar-refractivity contribution in [2.24, 2.45) is 35.0 Å². The van der Waals surface area contributed by atoms with Gasteiger partial charge in [0.2, 0.25) is 0 Å². The van der Waals surface area contributed by atoms with E-state index in [1.54, 1.807) is 0 Å². The minimum absolute atomic E-state index is 0.628. The highest BCUT2D eigenvalue weighted by Gasteiger charge is 2.59. The molecular weight excluding hydrogens is 168 g/mol. The fourth-order valence-electron chi connectivity index (χ4n) is 3.28. The molecule has 0 aliphatic heterocycles. The smallest absolute Gasteiger partial charge is 0.0241 e. The van der Waals surface area contributed by atoms with Crippen LogP contribution in [0.2, 0.25) is 0 Å². The lowest BCUT2D eigenvalue weighted by molar-refractivity contribution is 0.175. The summed E-state index contributed by atoms with van der Waals surface area (Å²) in [4.78, 5) is 0. The monoisotopic (exact) mass is 196 g/mol. The lowest BCUT2D eigenvalue weighted by atomic mass is 9.74. The maximum atomic E-state index is 2.49. The Bertz CT molecular complexity index is 186. The van der Waals surface area contributed by atoms with E-state index in [0.717, 1.165) is 29.6 Å². The van der Waals surface area contributed by atoms with Gasteiger partial charge in [0.1, 0.15) is 0 Å². The average molecular weight is 196 g/mol. The van der Waals surface area contributed by atoms with Crippen LogP contribution >= 0.6 is 0 Å². The Hall–Kier alpha value is 0. The molecule has 84 valence electrons. The number of rotatable bonds is 4. The van der Waals surface area contributed by atoms with Crippen LogP contribution in [-0.4, -0.2) is 0 Å². The van der Waals surface area contributed by atoms with Crippen LogP contribution in [0.3, 0.4) is 0 Å². The first-order valence-electron chi connectivity index (χ1n) is 6.37. The van der Waals surface area contributed by atoms with Gasteiger partial charge in [-0.2, -0.15) is 0 Å². The lowest BCUT2D eigenvalue weighted by Crippen LogP contribution is -2.24. The predicted molar refractivity (Wildman–Crippen MR) is 64.2 cm³/mol. The van der Waals surface area contributed by atoms with Crippen LogP contribution in [-0.2, 0) is 0 Å². The van der Waals surface area contributed by atoms with E-state index in [0.29, 0.717) is 5.41 Å². The van der Waals surface area contributed by atoms with Gasteiger partial charge in [-0.15, -0.1) is 0 Å². The Morgan fingerprint density at radius 1 is 1.07 bits per heavy atom. The Labute approximate surface area is 90.5 Å². The van der Waals surface area contributed by atoms with Crippen LogP contribution in [0.25, 0.3) is 0 Å². The summed E-state index contributed by atoms with van der Waals surface area (Å²) in [6.07, 6.45) is 1.32. The SMILES string of the molecule is CCC(C)C(C)C(C)C1(C)C(C)C1C. The first kappa shape index (κ1) is 12.1. The van der Waals surface area contributed by atoms with Crippen molar-refractivity contribution >= 4 is 0 Å². The molecule has 0 heterocycles. The average Bonchev–Trinajstić information content (AvgIpc) is 2.67. The van der Waals surface area contributed by atoms with Crippen LogP contribution in [0.15, 0.2) is 0 Å². The summed E-state index contributed by atoms with van der Waals surface area (Å²) in [5.74, 6) is 4.50. The van der Waals surface area contributed by atoms with Crippen molar-refractivity contribution in [3.8, 4) is 0 Å². The molecule has 0 aromatic heterocycles. The molecule has 1 rings (SSSR count). The van der Waals surface area contributed by atoms with Gasteiger partial charge in [-0.3, -0.25) is 0 Å². The van der Waals surface area contributed by atoms with Crippen LogP contribution in [0.4, 0.5) is 0 Å². The molecule has 0 heteroatoms. The highest BCUT2D eigenvalue weighted by Crippen LogP contribution is 2.64. The molecule has 0 aromatic carbocycles. The van der Waals surface area contributed by atoms with E-state index >= 15 is 0 Å². The van der Waals surface area contributed by atoms with Crippen LogP contribution in [0, 0.1) is 35.0 Å². The second-order valence-corrected chi connectivity index (χ2v) is 5.98. The van der Waals surface area contributed by atoms with Crippen LogP contribution in [0.1, 0.15) is 54.9 Å². The summed E-state index contributed by atoms with van der Waals surface area (Å²) in [7, 11) is 0. The molecule has 1 saturated carbocycles. The molecule has 0 amide bonds. The molecule has 0 nitrogen and oxygen atoms in total. The largest absolute Gasteiger partial charge is 0.0651 e. The van der Waals surface area contributed by atoms with Gasteiger partial charge < -0.3 is 0 Å². The highest BCUT2D eigenvalue weighted by atomic mass is 14.6. The summed E-state index contributed by atoms with van der Waals surface area (Å²) in [5.41, 5.74) is 0.628. The molecule has 0 bridgehead atoms. The zero-order valence-corrected chi connectivity index (χ0v) is 11.1. The standard InChI is InChI=1S/C14H28/c1-8-9(2)10(3)11(4)14(7)12(5)13(14)6/h9-13H,8H2,1-7H3. The van der Waals surface area contributed by atoms with Gasteiger partial charge in [0, 0.05) is 0 Å². The molecule has 5 unspecified atom stereocenters. The minimum atomic E-state index is 0.628. The second-order valence-electron chi connectivity index (χ2n) is 5.98. The molecule has 0 radical (unpaired) electrons. The Morgan fingerprint density at radius 2 is 1.50 bits per heavy atom. The number of hydrogen-bond donors (Lipinski definition) is 0. The van der Waals surface area contributed by atoms with Gasteiger partial charge in [0.25, 0.3) is 0 Å². The predicted octanol–water partition coefficient (Wildman–Crippen LogP) is 4.60. The summed E-state index contributed by atoms with van der Waals surface area (Å²) in [6.45, 7) is 17.0. The molecule has 0 N–H and O–H groups in total. The Kier molecular flexibility index (Phi) is 3.33. The third-order valence-corrected chi connectivity index (χ3v) is 5.91. The van der Waals surface area contributed by atoms with Crippen LogP contribution in [0.5, 0.6) is 0 Å². The van der Waals surface area contributed by atoms with Gasteiger partial charge in [0.15, 0.2) is 0 Å². The van der Waals surface area contributed by atoms with E-state index in [1.807, 2.05) is 0 Å². The van der Waals surface area contributed by atoms with Crippen molar-refractivity contribution < 1.29 is 0 Å². The van der Waals surface area contributed by atoms with E-state index < -0.39 is 0 Å². The highest BCUT2D eigenvalue weighted by molar-refractivity contribution is 5.06. The number of hydrogen-bond acceptors (Lipinski definition) is 0. The summed E-state index contributed by atoms with van der Waals surface area (Å²) in [6, 6.07) is 0. The molecule has 0 spiro atoms. The normalized spacial score (nSPS) is 43.1. The molecule has 1 fully saturated rings. The second kappa shape index (κ2) is 3.87. The summed E-state index contributed by atoms with van der Waals surface area (Å²) >= 11 is 0. The maximum Gasteiger partial charge on any atom is -0.0241 e. The molecular formula is C14H28. The van der Waals surface area contributed by atoms with Crippen LogP contribution < -0.4 is 0 Å². The van der Waals surface area contributed by atoms with E-state index in [9.17, 15) is 0 Å². The summed E-state index contributed by atoms with van der Waals surface area (Å²) in [5, 5.41) is 0. The molecule has 5 atom stereocenters. The third-order valence-electron chi connectivity index (χ3n) is 5.91. The Balaban J connectivity index is 2.62. The topological polar surface area (TPSA) is 0 Å². The van der Waals surface area contributed by atoms with Crippen molar-refractivity contribution in [1.29, 1.82) is 0 Å². The van der Waals surface area contributed by atoms with Crippen molar-refractivity contribution in [2.45, 2.75) is 54.9 Å².